The number of allylic oxidation sites excluding steroid dienone is 1. The molecule has 0 atom stereocenters. The zero-order chi connectivity index (χ0) is 20.0. The maximum atomic E-state index is 12.3. The molecule has 0 bridgehead atoms. The van der Waals surface area contributed by atoms with Crippen LogP contribution in [0, 0.1) is 0 Å². The van der Waals surface area contributed by atoms with Gasteiger partial charge in [0.25, 0.3) is 0 Å². The number of ether oxygens (including phenoxy) is 2. The molecule has 3 amide bonds. The lowest BCUT2D eigenvalue weighted by Crippen LogP contribution is -2.48. The highest BCUT2D eigenvalue weighted by Crippen LogP contribution is 2.26. The number of nitrogens with one attached hydrogen (secondary N) is 1. The molecule has 2 rings (SSSR count). The number of carbonyl (C=O) groups is 2. The standard InChI is InChI=1S/C16H15F3N4O4/c1-10(23-7-6-13(24)22-15(23)25)9-21-14(20-2)26-11-4-3-5-12(8-11)27-16(17,18)19/h3-5,8-9H,2,6-7H2,1H3,(H,22,24,25)/b10-9+,21-14?. The summed E-state index contributed by atoms with van der Waals surface area (Å²) in [5.74, 6) is -0.842. The van der Waals surface area contributed by atoms with Crippen molar-refractivity contribution in [2.75, 3.05) is 6.54 Å². The molecular formula is C16H15F3N4O4. The van der Waals surface area contributed by atoms with Crippen molar-refractivity contribution >= 4 is 24.7 Å². The number of amides is 3. The Morgan fingerprint density at radius 1 is 1.33 bits per heavy atom. The van der Waals surface area contributed by atoms with Gasteiger partial charge in [-0.3, -0.25) is 15.0 Å². The Balaban J connectivity index is 2.10. The van der Waals surface area contributed by atoms with Crippen LogP contribution < -0.4 is 14.8 Å². The third-order valence-corrected chi connectivity index (χ3v) is 3.23. The number of amidine groups is 1. The first kappa shape index (κ1) is 19.9. The summed E-state index contributed by atoms with van der Waals surface area (Å²) in [6, 6.07) is 3.96. The van der Waals surface area contributed by atoms with Gasteiger partial charge in [0.1, 0.15) is 11.5 Å². The van der Waals surface area contributed by atoms with E-state index in [1.165, 1.54) is 23.2 Å². The summed E-state index contributed by atoms with van der Waals surface area (Å²) in [4.78, 5) is 31.6. The van der Waals surface area contributed by atoms with Gasteiger partial charge in [0.15, 0.2) is 0 Å². The van der Waals surface area contributed by atoms with E-state index in [0.717, 1.165) is 12.1 Å². The number of urea groups is 1. The molecule has 1 aromatic carbocycles. The van der Waals surface area contributed by atoms with E-state index in [0.29, 0.717) is 5.70 Å². The number of alkyl halides is 3. The fourth-order valence-electron chi connectivity index (χ4n) is 2.06. The van der Waals surface area contributed by atoms with E-state index in [-0.39, 0.29) is 30.6 Å². The summed E-state index contributed by atoms with van der Waals surface area (Å²) in [6.45, 7) is 5.04. The largest absolute Gasteiger partial charge is 0.573 e. The Hall–Kier alpha value is -3.37. The van der Waals surface area contributed by atoms with Crippen LogP contribution in [0.4, 0.5) is 18.0 Å². The summed E-state index contributed by atoms with van der Waals surface area (Å²) in [6.07, 6.45) is -3.42. The number of hydrogen-bond acceptors (Lipinski definition) is 5. The molecule has 0 spiro atoms. The van der Waals surface area contributed by atoms with E-state index in [1.54, 1.807) is 6.92 Å². The summed E-state index contributed by atoms with van der Waals surface area (Å²) in [7, 11) is 0. The van der Waals surface area contributed by atoms with Crippen molar-refractivity contribution in [3.63, 3.8) is 0 Å². The second kappa shape index (κ2) is 8.34. The van der Waals surface area contributed by atoms with Crippen LogP contribution in [0.1, 0.15) is 13.3 Å². The van der Waals surface area contributed by atoms with Crippen LogP contribution in [0.3, 0.4) is 0 Å². The predicted octanol–water partition coefficient (Wildman–Crippen LogP) is 2.82. The van der Waals surface area contributed by atoms with Gasteiger partial charge >= 0.3 is 18.4 Å². The number of imide groups is 1. The Bertz CT molecular complexity index is 805. The van der Waals surface area contributed by atoms with Gasteiger partial charge in [-0.25, -0.2) is 14.8 Å². The van der Waals surface area contributed by atoms with Crippen molar-refractivity contribution in [1.29, 1.82) is 0 Å². The molecule has 1 aliphatic heterocycles. The van der Waals surface area contributed by atoms with E-state index in [9.17, 15) is 22.8 Å². The summed E-state index contributed by atoms with van der Waals surface area (Å²) >= 11 is 0. The summed E-state index contributed by atoms with van der Waals surface area (Å²) < 4.78 is 45.8. The van der Waals surface area contributed by atoms with Crippen LogP contribution in [0.5, 0.6) is 11.5 Å². The molecule has 1 heterocycles. The van der Waals surface area contributed by atoms with E-state index in [2.05, 4.69) is 26.8 Å². The zero-order valence-electron chi connectivity index (χ0n) is 14.1. The molecule has 0 unspecified atom stereocenters. The smallest absolute Gasteiger partial charge is 0.424 e. The van der Waals surface area contributed by atoms with E-state index in [4.69, 9.17) is 4.74 Å². The van der Waals surface area contributed by atoms with Crippen molar-refractivity contribution in [2.45, 2.75) is 19.7 Å². The number of benzene rings is 1. The molecule has 1 aromatic rings. The fraction of sp³-hybridized carbons (Fsp3) is 0.250. The zero-order valence-corrected chi connectivity index (χ0v) is 14.1. The Labute approximate surface area is 152 Å². The first-order valence-electron chi connectivity index (χ1n) is 7.54. The Morgan fingerprint density at radius 2 is 2.04 bits per heavy atom. The monoisotopic (exact) mass is 384 g/mol. The van der Waals surface area contributed by atoms with Gasteiger partial charge in [0.2, 0.25) is 5.91 Å². The highest BCUT2D eigenvalue weighted by atomic mass is 19.4. The molecule has 0 aliphatic carbocycles. The Kier molecular flexibility index (Phi) is 6.16. The maximum absolute atomic E-state index is 12.3. The highest BCUT2D eigenvalue weighted by molar-refractivity contribution is 5.97. The second-order valence-corrected chi connectivity index (χ2v) is 5.22. The number of halogens is 3. The maximum Gasteiger partial charge on any atom is 0.573 e. The van der Waals surface area contributed by atoms with Crippen LogP contribution in [-0.4, -0.2) is 42.5 Å². The molecule has 27 heavy (non-hydrogen) atoms. The lowest BCUT2D eigenvalue weighted by atomic mass is 10.3. The SMILES string of the molecule is C=NC(=N/C=C(\C)N1CCC(=O)NC1=O)Oc1cccc(OC(F)(F)F)c1. The van der Waals surface area contributed by atoms with Gasteiger partial charge in [0.05, 0.1) is 6.20 Å². The van der Waals surface area contributed by atoms with Crippen molar-refractivity contribution in [3.8, 4) is 11.5 Å². The van der Waals surface area contributed by atoms with Crippen molar-refractivity contribution in [3.05, 3.63) is 36.2 Å². The number of hydrogen-bond donors (Lipinski definition) is 1. The van der Waals surface area contributed by atoms with Crippen molar-refractivity contribution in [2.24, 2.45) is 9.98 Å². The van der Waals surface area contributed by atoms with E-state index < -0.39 is 18.1 Å². The molecule has 1 saturated heterocycles. The summed E-state index contributed by atoms with van der Waals surface area (Å²) in [5.41, 5.74) is 0.402. The molecule has 1 aliphatic rings. The van der Waals surface area contributed by atoms with Crippen LogP contribution in [0.25, 0.3) is 0 Å². The minimum Gasteiger partial charge on any atom is -0.424 e. The van der Waals surface area contributed by atoms with E-state index >= 15 is 0 Å². The third kappa shape index (κ3) is 6.13. The first-order chi connectivity index (χ1) is 12.7. The van der Waals surface area contributed by atoms with Crippen LogP contribution >= 0.6 is 0 Å². The third-order valence-electron chi connectivity index (χ3n) is 3.23. The molecule has 8 nitrogen and oxygen atoms in total. The van der Waals surface area contributed by atoms with Gasteiger partial charge in [-0.05, 0) is 25.8 Å². The minimum absolute atomic E-state index is 0.00438. The van der Waals surface area contributed by atoms with Crippen LogP contribution in [0.15, 0.2) is 46.1 Å². The van der Waals surface area contributed by atoms with Gasteiger partial charge in [-0.2, -0.15) is 0 Å². The number of carbonyl (C=O) groups excluding carboxylic acids is 2. The van der Waals surface area contributed by atoms with Crippen LogP contribution in [-0.2, 0) is 4.79 Å². The molecule has 0 radical (unpaired) electrons. The van der Waals surface area contributed by atoms with Gasteiger partial charge in [-0.15, -0.1) is 13.2 Å². The normalized spacial score (nSPS) is 16.1. The topological polar surface area (TPSA) is 92.6 Å². The second-order valence-electron chi connectivity index (χ2n) is 5.22. The van der Waals surface area contributed by atoms with Crippen LogP contribution in [0.2, 0.25) is 0 Å². The number of aliphatic imine (C=N–C) groups is 2. The number of nitrogens with zero attached hydrogens (tertiary/aromatic N) is 3. The lowest BCUT2D eigenvalue weighted by molar-refractivity contribution is -0.274. The van der Waals surface area contributed by atoms with E-state index in [1.807, 2.05) is 0 Å². The first-order valence-corrected chi connectivity index (χ1v) is 7.54. The predicted molar refractivity (Wildman–Crippen MR) is 89.4 cm³/mol. The van der Waals surface area contributed by atoms with Crippen molar-refractivity contribution < 1.29 is 32.2 Å². The van der Waals surface area contributed by atoms with Gasteiger partial charge in [0, 0.05) is 24.7 Å². The molecule has 1 fully saturated rings. The highest BCUT2D eigenvalue weighted by Gasteiger charge is 2.31. The quantitative estimate of drug-likeness (QED) is 0.638. The van der Waals surface area contributed by atoms with Crippen molar-refractivity contribution in [1.82, 2.24) is 10.2 Å². The average Bonchev–Trinajstić information content (AvgIpc) is 2.57. The van der Waals surface area contributed by atoms with Gasteiger partial charge in [-0.1, -0.05) is 6.07 Å². The summed E-state index contributed by atoms with van der Waals surface area (Å²) in [5, 5.41) is 2.16. The Morgan fingerprint density at radius 3 is 2.67 bits per heavy atom. The lowest BCUT2D eigenvalue weighted by Gasteiger charge is -2.26. The average molecular weight is 384 g/mol. The molecule has 144 valence electrons. The number of rotatable bonds is 4. The molecule has 0 aromatic heterocycles. The molecule has 11 heteroatoms. The molecule has 1 N–H and O–H groups in total. The minimum atomic E-state index is -4.83. The fourth-order valence-corrected chi connectivity index (χ4v) is 2.06. The molecular weight excluding hydrogens is 369 g/mol. The molecule has 0 saturated carbocycles. The van der Waals surface area contributed by atoms with Gasteiger partial charge < -0.3 is 9.47 Å².